The van der Waals surface area contributed by atoms with E-state index in [2.05, 4.69) is 325 Å². The number of nitrogens with zero attached hydrogens (tertiary/aromatic N) is 5. The van der Waals surface area contributed by atoms with Crippen molar-refractivity contribution in [3.63, 3.8) is 0 Å². The molecule has 12 aromatic rings. The van der Waals surface area contributed by atoms with E-state index in [-0.39, 0.29) is 24.6 Å². The van der Waals surface area contributed by atoms with E-state index in [0.29, 0.717) is 0 Å². The number of rotatable bonds is 9. The molecule has 2 atom stereocenters. The van der Waals surface area contributed by atoms with Crippen molar-refractivity contribution in [3.05, 3.63) is 301 Å². The van der Waals surface area contributed by atoms with Gasteiger partial charge in [-0.25, -0.2) is 0 Å². The van der Waals surface area contributed by atoms with Crippen LogP contribution in [0.25, 0.3) is 0 Å². The van der Waals surface area contributed by atoms with Crippen LogP contribution in [0.3, 0.4) is 0 Å². The van der Waals surface area contributed by atoms with E-state index in [9.17, 15) is 0 Å². The Morgan fingerprint density at radius 2 is 0.816 bits per heavy atom. The van der Waals surface area contributed by atoms with Gasteiger partial charge in [0.05, 0.1) is 16.7 Å². The van der Waals surface area contributed by atoms with Crippen LogP contribution in [0.1, 0.15) is 33.6 Å². The SMILES string of the molecule is Cc1ccc(N(c2ccc(C)cc2)c2cc3c4c(c2)N(c2ccccc2)c2cc5c(cc2B4c2ccccc2N3c2ccccc2)B2c3c(cc(N(c4ccc(C)cc4)c4ccc(C)cc4)cc3N(c3ccccc3)C3Sc4ccccc4C23)O5)cc1. The molecule has 6 nitrogen and oxygen atoms in total. The van der Waals surface area contributed by atoms with Gasteiger partial charge in [0.1, 0.15) is 11.5 Å². The normalized spacial score (nSPS) is 15.3. The summed E-state index contributed by atoms with van der Waals surface area (Å²) < 4.78 is 7.83. The highest BCUT2D eigenvalue weighted by Gasteiger charge is 2.55. The Hall–Kier alpha value is -10.1. The first-order valence-corrected chi connectivity index (χ1v) is 31.2. The van der Waals surface area contributed by atoms with Crippen molar-refractivity contribution in [2.45, 2.75) is 43.8 Å². The Morgan fingerprint density at radius 3 is 1.37 bits per heavy atom. The maximum atomic E-state index is 7.83. The minimum Gasteiger partial charge on any atom is -0.458 e. The molecule has 0 radical (unpaired) electrons. The van der Waals surface area contributed by atoms with Crippen molar-refractivity contribution in [1.82, 2.24) is 0 Å². The molecular formula is C78H59B2N5OS. The van der Waals surface area contributed by atoms with Crippen molar-refractivity contribution in [2.75, 3.05) is 24.5 Å². The molecule has 0 amide bonds. The maximum absolute atomic E-state index is 7.83. The number of para-hydroxylation sites is 4. The first-order valence-electron chi connectivity index (χ1n) is 30.3. The highest BCUT2D eigenvalue weighted by atomic mass is 32.2. The monoisotopic (exact) mass is 1140 g/mol. The van der Waals surface area contributed by atoms with Gasteiger partial charge >= 0.3 is 0 Å². The Morgan fingerprint density at radius 1 is 0.356 bits per heavy atom. The van der Waals surface area contributed by atoms with Crippen LogP contribution in [-0.4, -0.2) is 18.8 Å². The number of hydrogen-bond acceptors (Lipinski definition) is 7. The molecule has 9 heteroatoms. The maximum Gasteiger partial charge on any atom is 0.252 e. The highest BCUT2D eigenvalue weighted by Crippen LogP contribution is 2.57. The summed E-state index contributed by atoms with van der Waals surface area (Å²) in [5, 5.41) is 0.0333. The molecule has 0 aromatic heterocycles. The second kappa shape index (κ2) is 20.3. The summed E-state index contributed by atoms with van der Waals surface area (Å²) >= 11 is 2.00. The van der Waals surface area contributed by atoms with Gasteiger partial charge in [0.2, 0.25) is 6.71 Å². The molecule has 2 unspecified atom stereocenters. The molecule has 17 rings (SSSR count). The molecule has 5 aliphatic heterocycles. The van der Waals surface area contributed by atoms with Crippen LogP contribution in [0.4, 0.5) is 79.6 Å². The molecular weight excluding hydrogens is 1080 g/mol. The summed E-state index contributed by atoms with van der Waals surface area (Å²) in [6.45, 7) is 8.44. The van der Waals surface area contributed by atoms with Gasteiger partial charge in [0.25, 0.3) is 6.71 Å². The summed E-state index contributed by atoms with van der Waals surface area (Å²) in [7, 11) is 0. The van der Waals surface area contributed by atoms with Crippen LogP contribution in [-0.2, 0) is 0 Å². The number of hydrogen-bond donors (Lipinski definition) is 0. The van der Waals surface area contributed by atoms with E-state index >= 15 is 0 Å². The van der Waals surface area contributed by atoms with Crippen molar-refractivity contribution in [1.29, 1.82) is 0 Å². The summed E-state index contributed by atoms with van der Waals surface area (Å²) in [6, 6.07) is 102. The lowest BCUT2D eigenvalue weighted by Gasteiger charge is -2.48. The number of thioether (sulfide) groups is 1. The highest BCUT2D eigenvalue weighted by molar-refractivity contribution is 8.00. The third-order valence-electron chi connectivity index (χ3n) is 18.5. The zero-order valence-corrected chi connectivity index (χ0v) is 49.7. The second-order valence-corrected chi connectivity index (χ2v) is 25.1. The van der Waals surface area contributed by atoms with Gasteiger partial charge in [0, 0.05) is 91.1 Å². The lowest BCUT2D eigenvalue weighted by atomic mass is 9.28. The molecule has 5 aliphatic rings. The molecule has 0 aliphatic carbocycles. The molecule has 0 spiro atoms. The van der Waals surface area contributed by atoms with Gasteiger partial charge in [-0.05, 0) is 176 Å². The van der Waals surface area contributed by atoms with Crippen LogP contribution in [0.5, 0.6) is 11.5 Å². The number of benzene rings is 12. The zero-order chi connectivity index (χ0) is 58.0. The molecule has 5 heterocycles. The fourth-order valence-corrected chi connectivity index (χ4v) is 16.1. The predicted octanol–water partition coefficient (Wildman–Crippen LogP) is 17.6. The molecule has 414 valence electrons. The number of aryl methyl sites for hydroxylation is 4. The third kappa shape index (κ3) is 8.27. The Kier molecular flexibility index (Phi) is 12.0. The van der Waals surface area contributed by atoms with Crippen molar-refractivity contribution < 1.29 is 4.74 Å². The summed E-state index contributed by atoms with van der Waals surface area (Å²) in [6.07, 6.45) is 0. The van der Waals surface area contributed by atoms with Crippen molar-refractivity contribution >= 4 is 132 Å². The van der Waals surface area contributed by atoms with Crippen LogP contribution in [0, 0.1) is 27.7 Å². The van der Waals surface area contributed by atoms with E-state index in [0.717, 1.165) is 85.4 Å². The number of anilines is 14. The van der Waals surface area contributed by atoms with Gasteiger partial charge in [-0.1, -0.05) is 168 Å². The van der Waals surface area contributed by atoms with Gasteiger partial charge in [-0.15, -0.1) is 11.8 Å². The molecule has 0 saturated carbocycles. The minimum absolute atomic E-state index is 0.0333. The molecule has 0 fully saturated rings. The van der Waals surface area contributed by atoms with E-state index in [1.54, 1.807) is 0 Å². The molecule has 12 aromatic carbocycles. The van der Waals surface area contributed by atoms with E-state index in [1.165, 1.54) is 65.7 Å². The number of fused-ring (bicyclic) bond motifs is 10. The van der Waals surface area contributed by atoms with Crippen LogP contribution in [0.15, 0.2) is 278 Å². The number of ether oxygens (including phenoxy) is 1. The molecule has 0 saturated heterocycles. The summed E-state index contributed by atoms with van der Waals surface area (Å²) in [4.78, 5) is 13.8. The average Bonchev–Trinajstić information content (AvgIpc) is 1.61. The lowest BCUT2D eigenvalue weighted by Crippen LogP contribution is -2.64. The van der Waals surface area contributed by atoms with E-state index < -0.39 is 0 Å². The Labute approximate surface area is 514 Å². The van der Waals surface area contributed by atoms with Crippen molar-refractivity contribution in [2.24, 2.45) is 0 Å². The van der Waals surface area contributed by atoms with Crippen molar-refractivity contribution in [3.8, 4) is 11.5 Å². The molecule has 87 heavy (non-hydrogen) atoms. The largest absolute Gasteiger partial charge is 0.458 e. The lowest BCUT2D eigenvalue weighted by molar-refractivity contribution is 0.486. The Balaban J connectivity index is 0.952. The van der Waals surface area contributed by atoms with E-state index in [1.807, 2.05) is 11.8 Å². The summed E-state index contributed by atoms with van der Waals surface area (Å²) in [5.74, 6) is 1.83. The second-order valence-electron chi connectivity index (χ2n) is 23.9. The van der Waals surface area contributed by atoms with Crippen LogP contribution < -0.4 is 56.6 Å². The van der Waals surface area contributed by atoms with Crippen LogP contribution in [0.2, 0.25) is 0 Å². The minimum atomic E-state index is -0.140. The average molecular weight is 1140 g/mol. The fourth-order valence-electron chi connectivity index (χ4n) is 14.6. The van der Waals surface area contributed by atoms with Gasteiger partial charge in [-0.2, -0.15) is 0 Å². The van der Waals surface area contributed by atoms with Gasteiger partial charge in [0.15, 0.2) is 0 Å². The fraction of sp³-hybridized carbons (Fsp3) is 0.0769. The van der Waals surface area contributed by atoms with E-state index in [4.69, 9.17) is 4.74 Å². The third-order valence-corrected chi connectivity index (χ3v) is 19.9. The standard InChI is InChI=1S/C78H59B2N5OS/c1-50-28-36-57(37-29-50)81(58-38-30-51(2)31-39-58)61-44-69-76-70(45-61)84(55-20-10-6-11-21-55)68-49-72-66(48-65(68)79(76)64-25-15-16-26-67(64)83(69)54-18-8-5-9-19-54)80-75-63-24-14-17-27-74(63)87-78(75)85(56-22-12-7-13-23-56)71-46-62(47-73(86-72)77(71)80)82(59-40-32-52(3)33-41-59)60-42-34-53(4)35-43-60/h5-49,75,78H,1-4H3. The molecule has 0 bridgehead atoms. The quantitative estimate of drug-likeness (QED) is 0.133. The van der Waals surface area contributed by atoms with Gasteiger partial charge in [-0.3, -0.25) is 0 Å². The zero-order valence-electron chi connectivity index (χ0n) is 48.8. The smallest absolute Gasteiger partial charge is 0.252 e. The first kappa shape index (κ1) is 51.3. The topological polar surface area (TPSA) is 25.4 Å². The summed E-state index contributed by atoms with van der Waals surface area (Å²) in [5.41, 5.74) is 27.9. The van der Waals surface area contributed by atoms with Gasteiger partial charge < -0.3 is 29.2 Å². The van der Waals surface area contributed by atoms with Crippen LogP contribution >= 0.6 is 11.8 Å². The Bertz CT molecular complexity index is 4570. The molecule has 0 N–H and O–H groups in total. The first-order chi connectivity index (χ1) is 42.8. The predicted molar refractivity (Wildman–Crippen MR) is 368 cm³/mol.